The molecule has 2 N–H and O–H groups in total. The second kappa shape index (κ2) is 9.00. The van der Waals surface area contributed by atoms with Crippen molar-refractivity contribution in [3.63, 3.8) is 0 Å². The van der Waals surface area contributed by atoms with E-state index in [-0.39, 0.29) is 11.9 Å². The number of esters is 1. The zero-order chi connectivity index (χ0) is 21.8. The highest BCUT2D eigenvalue weighted by atomic mass is 16.6. The predicted molar refractivity (Wildman–Crippen MR) is 118 cm³/mol. The van der Waals surface area contributed by atoms with E-state index in [1.165, 1.54) is 0 Å². The van der Waals surface area contributed by atoms with E-state index in [2.05, 4.69) is 0 Å². The smallest absolute Gasteiger partial charge is 0.329 e. The fourth-order valence-corrected chi connectivity index (χ4v) is 3.88. The molecule has 1 amide bonds. The predicted octanol–water partition coefficient (Wildman–Crippen LogP) is 3.50. The molecule has 5 nitrogen and oxygen atoms in total. The highest BCUT2D eigenvalue weighted by Gasteiger charge is 2.47. The Labute approximate surface area is 179 Å². The Hall–Kier alpha value is -2.66. The Kier molecular flexibility index (Phi) is 6.61. The summed E-state index contributed by atoms with van der Waals surface area (Å²) in [7, 11) is 0. The molecule has 30 heavy (non-hydrogen) atoms. The number of hydrogen-bond donors (Lipinski definition) is 1. The SMILES string of the molecule is CC(C)(C)OC(=O)C(Cc1ccccc1)N1CCC(N)(CCc2ccccc2)C1=O. The molecule has 2 aromatic rings. The third-order valence-electron chi connectivity index (χ3n) is 5.52. The van der Waals surface area contributed by atoms with E-state index in [4.69, 9.17) is 10.5 Å². The normalized spacial score (nSPS) is 20.3. The molecular weight excluding hydrogens is 376 g/mol. The van der Waals surface area contributed by atoms with Gasteiger partial charge in [-0.25, -0.2) is 4.79 Å². The van der Waals surface area contributed by atoms with Gasteiger partial charge in [-0.3, -0.25) is 4.79 Å². The van der Waals surface area contributed by atoms with Gasteiger partial charge in [-0.15, -0.1) is 0 Å². The molecule has 2 atom stereocenters. The molecule has 160 valence electrons. The Morgan fingerprint density at radius 1 is 1.07 bits per heavy atom. The van der Waals surface area contributed by atoms with Crippen LogP contribution in [0.15, 0.2) is 60.7 Å². The topological polar surface area (TPSA) is 72.6 Å². The van der Waals surface area contributed by atoms with E-state index in [1.54, 1.807) is 4.90 Å². The summed E-state index contributed by atoms with van der Waals surface area (Å²) in [4.78, 5) is 28.0. The van der Waals surface area contributed by atoms with E-state index in [9.17, 15) is 9.59 Å². The monoisotopic (exact) mass is 408 g/mol. The lowest BCUT2D eigenvalue weighted by atomic mass is 9.90. The summed E-state index contributed by atoms with van der Waals surface area (Å²) in [6.07, 6.45) is 2.23. The molecular formula is C25H32N2O3. The number of hydrogen-bond acceptors (Lipinski definition) is 4. The van der Waals surface area contributed by atoms with Crippen LogP contribution in [0.5, 0.6) is 0 Å². The van der Waals surface area contributed by atoms with Gasteiger partial charge in [0.1, 0.15) is 11.6 Å². The van der Waals surface area contributed by atoms with Gasteiger partial charge in [0.15, 0.2) is 0 Å². The molecule has 1 heterocycles. The summed E-state index contributed by atoms with van der Waals surface area (Å²) in [5.41, 5.74) is 7.12. The van der Waals surface area contributed by atoms with Gasteiger partial charge in [0.25, 0.3) is 0 Å². The van der Waals surface area contributed by atoms with Crippen molar-refractivity contribution in [2.45, 2.75) is 63.6 Å². The second-order valence-corrected chi connectivity index (χ2v) is 9.13. The van der Waals surface area contributed by atoms with Crippen LogP contribution in [0.3, 0.4) is 0 Å². The minimum Gasteiger partial charge on any atom is -0.458 e. The lowest BCUT2D eigenvalue weighted by Crippen LogP contribution is -2.53. The number of amides is 1. The number of likely N-dealkylation sites (tertiary alicyclic amines) is 1. The number of rotatable bonds is 7. The lowest BCUT2D eigenvalue weighted by molar-refractivity contribution is -0.164. The van der Waals surface area contributed by atoms with Crippen molar-refractivity contribution >= 4 is 11.9 Å². The molecule has 2 aromatic carbocycles. The molecule has 3 rings (SSSR count). The Bertz CT molecular complexity index is 861. The molecule has 1 aliphatic heterocycles. The zero-order valence-corrected chi connectivity index (χ0v) is 18.1. The molecule has 0 saturated carbocycles. The number of benzene rings is 2. The van der Waals surface area contributed by atoms with Crippen LogP contribution in [-0.4, -0.2) is 40.5 Å². The fourth-order valence-electron chi connectivity index (χ4n) is 3.88. The Morgan fingerprint density at radius 2 is 1.63 bits per heavy atom. The highest BCUT2D eigenvalue weighted by Crippen LogP contribution is 2.29. The van der Waals surface area contributed by atoms with Crippen LogP contribution < -0.4 is 5.73 Å². The van der Waals surface area contributed by atoms with Crippen LogP contribution in [-0.2, 0) is 27.2 Å². The van der Waals surface area contributed by atoms with Gasteiger partial charge in [0.2, 0.25) is 5.91 Å². The van der Waals surface area contributed by atoms with E-state index in [1.807, 2.05) is 81.4 Å². The second-order valence-electron chi connectivity index (χ2n) is 9.13. The molecule has 1 saturated heterocycles. The van der Waals surface area contributed by atoms with Crippen molar-refractivity contribution in [3.8, 4) is 0 Å². The van der Waals surface area contributed by atoms with Gasteiger partial charge in [-0.2, -0.15) is 0 Å². The quantitative estimate of drug-likeness (QED) is 0.712. The number of nitrogens with zero attached hydrogens (tertiary/aromatic N) is 1. The zero-order valence-electron chi connectivity index (χ0n) is 18.1. The maximum absolute atomic E-state index is 13.3. The Balaban J connectivity index is 1.77. The minimum atomic E-state index is -0.952. The Morgan fingerprint density at radius 3 is 2.20 bits per heavy atom. The first-order valence-corrected chi connectivity index (χ1v) is 10.6. The van der Waals surface area contributed by atoms with E-state index in [0.29, 0.717) is 25.8 Å². The largest absolute Gasteiger partial charge is 0.458 e. The third-order valence-corrected chi connectivity index (χ3v) is 5.52. The third kappa shape index (κ3) is 5.48. The molecule has 0 spiro atoms. The maximum atomic E-state index is 13.3. The van der Waals surface area contributed by atoms with Crippen molar-refractivity contribution in [1.29, 1.82) is 0 Å². The van der Waals surface area contributed by atoms with Crippen LogP contribution >= 0.6 is 0 Å². The van der Waals surface area contributed by atoms with Crippen LogP contribution in [0.1, 0.15) is 44.7 Å². The van der Waals surface area contributed by atoms with Gasteiger partial charge in [0, 0.05) is 13.0 Å². The number of carbonyl (C=O) groups is 2. The molecule has 2 unspecified atom stereocenters. The maximum Gasteiger partial charge on any atom is 0.329 e. The first-order valence-electron chi connectivity index (χ1n) is 10.6. The summed E-state index contributed by atoms with van der Waals surface area (Å²) in [6.45, 7) is 5.97. The number of carbonyl (C=O) groups excluding carboxylic acids is 2. The van der Waals surface area contributed by atoms with Crippen molar-refractivity contribution in [1.82, 2.24) is 4.90 Å². The standard InChI is InChI=1S/C25H32N2O3/c1-24(2,3)30-22(28)21(18-20-12-8-5-9-13-20)27-17-16-25(26,23(27)29)15-14-19-10-6-4-7-11-19/h4-13,21H,14-18,26H2,1-3H3. The summed E-state index contributed by atoms with van der Waals surface area (Å²) < 4.78 is 5.66. The molecule has 0 aliphatic carbocycles. The summed E-state index contributed by atoms with van der Waals surface area (Å²) in [5.74, 6) is -0.544. The van der Waals surface area contributed by atoms with Crippen LogP contribution in [0, 0.1) is 0 Å². The van der Waals surface area contributed by atoms with E-state index < -0.39 is 17.2 Å². The average Bonchev–Trinajstić information content (AvgIpc) is 3.00. The number of aryl methyl sites for hydroxylation is 1. The number of nitrogens with two attached hydrogens (primary N) is 1. The fraction of sp³-hybridized carbons (Fsp3) is 0.440. The first kappa shape index (κ1) is 22.0. The number of ether oxygens (including phenoxy) is 1. The molecule has 0 aromatic heterocycles. The molecule has 0 radical (unpaired) electrons. The van der Waals surface area contributed by atoms with Crippen molar-refractivity contribution in [2.24, 2.45) is 5.73 Å². The summed E-state index contributed by atoms with van der Waals surface area (Å²) in [5, 5.41) is 0. The molecule has 5 heteroatoms. The van der Waals surface area contributed by atoms with Gasteiger partial charge >= 0.3 is 5.97 Å². The van der Waals surface area contributed by atoms with Gasteiger partial charge in [-0.05, 0) is 51.2 Å². The molecule has 0 bridgehead atoms. The van der Waals surface area contributed by atoms with Gasteiger partial charge in [0.05, 0.1) is 5.54 Å². The average molecular weight is 409 g/mol. The summed E-state index contributed by atoms with van der Waals surface area (Å²) >= 11 is 0. The van der Waals surface area contributed by atoms with Gasteiger partial charge in [-0.1, -0.05) is 60.7 Å². The minimum absolute atomic E-state index is 0.162. The van der Waals surface area contributed by atoms with Crippen molar-refractivity contribution < 1.29 is 14.3 Å². The van der Waals surface area contributed by atoms with E-state index in [0.717, 1.165) is 17.5 Å². The van der Waals surface area contributed by atoms with Gasteiger partial charge < -0.3 is 15.4 Å². The van der Waals surface area contributed by atoms with Crippen molar-refractivity contribution in [3.05, 3.63) is 71.8 Å². The van der Waals surface area contributed by atoms with Crippen LogP contribution in [0.4, 0.5) is 0 Å². The lowest BCUT2D eigenvalue weighted by Gasteiger charge is -2.31. The van der Waals surface area contributed by atoms with Crippen LogP contribution in [0.25, 0.3) is 0 Å². The highest BCUT2D eigenvalue weighted by molar-refractivity contribution is 5.92. The van der Waals surface area contributed by atoms with Crippen molar-refractivity contribution in [2.75, 3.05) is 6.54 Å². The summed E-state index contributed by atoms with van der Waals surface area (Å²) in [6, 6.07) is 19.1. The van der Waals surface area contributed by atoms with Crippen LogP contribution in [0.2, 0.25) is 0 Å². The first-order chi connectivity index (χ1) is 14.2. The molecule has 1 fully saturated rings. The molecule has 1 aliphatic rings. The van der Waals surface area contributed by atoms with E-state index >= 15 is 0 Å².